The fourth-order valence-electron chi connectivity index (χ4n) is 4.13. The van der Waals surface area contributed by atoms with Gasteiger partial charge in [-0.1, -0.05) is 35.9 Å². The van der Waals surface area contributed by atoms with Gasteiger partial charge in [-0.25, -0.2) is 17.2 Å². The molecule has 0 unspecified atom stereocenters. The van der Waals surface area contributed by atoms with Crippen molar-refractivity contribution in [3.8, 4) is 0 Å². The van der Waals surface area contributed by atoms with Gasteiger partial charge in [0, 0.05) is 43.8 Å². The first-order valence-corrected chi connectivity index (χ1v) is 13.5. The van der Waals surface area contributed by atoms with Crippen molar-refractivity contribution in [1.29, 1.82) is 0 Å². The maximum absolute atomic E-state index is 14.1. The minimum absolute atomic E-state index is 0.0591. The van der Waals surface area contributed by atoms with Crippen LogP contribution in [0.2, 0.25) is 5.02 Å². The number of alkyl halides is 3. The van der Waals surface area contributed by atoms with Crippen molar-refractivity contribution in [3.05, 3.63) is 100 Å². The highest BCUT2D eigenvalue weighted by molar-refractivity contribution is 7.89. The van der Waals surface area contributed by atoms with Gasteiger partial charge < -0.3 is 4.74 Å². The summed E-state index contributed by atoms with van der Waals surface area (Å²) in [6.07, 6.45) is -4.91. The Morgan fingerprint density at radius 2 is 1.53 bits per heavy atom. The van der Waals surface area contributed by atoms with Crippen LogP contribution in [0.3, 0.4) is 0 Å². The van der Waals surface area contributed by atoms with Gasteiger partial charge in [0.1, 0.15) is 16.5 Å². The van der Waals surface area contributed by atoms with E-state index in [1.54, 1.807) is 24.3 Å². The van der Waals surface area contributed by atoms with Crippen molar-refractivity contribution in [2.24, 2.45) is 0 Å². The highest BCUT2D eigenvalue weighted by Gasteiger charge is 2.32. The molecule has 1 heterocycles. The summed E-state index contributed by atoms with van der Waals surface area (Å²) in [5.41, 5.74) is 0.614. The summed E-state index contributed by atoms with van der Waals surface area (Å²) in [6.45, 7) is 1.27. The first kappa shape index (κ1) is 28.4. The molecule has 3 aromatic carbocycles. The van der Waals surface area contributed by atoms with E-state index in [1.807, 2.05) is 4.90 Å². The van der Waals surface area contributed by atoms with Gasteiger partial charge >= 0.3 is 6.18 Å². The second kappa shape index (κ2) is 11.7. The van der Waals surface area contributed by atoms with E-state index in [0.29, 0.717) is 36.3 Å². The van der Waals surface area contributed by atoms with E-state index < -0.39 is 44.4 Å². The Hall–Kier alpha value is -2.57. The molecule has 4 rings (SSSR count). The topological polar surface area (TPSA) is 49.9 Å². The zero-order valence-electron chi connectivity index (χ0n) is 20.0. The molecule has 1 atom stereocenters. The summed E-state index contributed by atoms with van der Waals surface area (Å²) < 4.78 is 99.0. The van der Waals surface area contributed by atoms with Crippen LogP contribution in [0.4, 0.5) is 22.0 Å². The number of rotatable bonds is 8. The van der Waals surface area contributed by atoms with E-state index in [0.717, 1.165) is 34.1 Å². The first-order chi connectivity index (χ1) is 17.9. The molecule has 1 saturated heterocycles. The monoisotopic (exact) mass is 574 g/mol. The largest absolute Gasteiger partial charge is 0.416 e. The molecule has 204 valence electrons. The average molecular weight is 575 g/mol. The number of ether oxygens (including phenoxy) is 1. The van der Waals surface area contributed by atoms with Crippen LogP contribution in [0.15, 0.2) is 71.6 Å². The number of halogens is 6. The highest BCUT2D eigenvalue weighted by atomic mass is 35.5. The Morgan fingerprint density at radius 1 is 0.895 bits per heavy atom. The Kier molecular flexibility index (Phi) is 8.73. The Morgan fingerprint density at radius 3 is 2.11 bits per heavy atom. The molecule has 38 heavy (non-hydrogen) atoms. The molecule has 0 spiro atoms. The van der Waals surface area contributed by atoms with E-state index in [-0.39, 0.29) is 19.7 Å². The molecule has 0 saturated carbocycles. The van der Waals surface area contributed by atoms with Crippen LogP contribution < -0.4 is 0 Å². The molecule has 12 heteroatoms. The molecule has 0 bridgehead atoms. The van der Waals surface area contributed by atoms with E-state index in [9.17, 15) is 30.4 Å². The van der Waals surface area contributed by atoms with Crippen LogP contribution in [0.1, 0.15) is 22.8 Å². The molecule has 0 aromatic heterocycles. The number of hydrogen-bond donors (Lipinski definition) is 0. The summed E-state index contributed by atoms with van der Waals surface area (Å²) in [7, 11) is -4.14. The molecule has 0 N–H and O–H groups in total. The molecule has 5 nitrogen and oxygen atoms in total. The number of sulfonamides is 1. The molecule has 1 aliphatic heterocycles. The summed E-state index contributed by atoms with van der Waals surface area (Å²) in [4.78, 5) is 1.41. The van der Waals surface area contributed by atoms with Gasteiger partial charge in [-0.2, -0.15) is 17.5 Å². The minimum atomic E-state index is -4.43. The van der Waals surface area contributed by atoms with Gasteiger partial charge in [0.05, 0.1) is 18.3 Å². The van der Waals surface area contributed by atoms with Crippen molar-refractivity contribution >= 4 is 21.6 Å². The Balaban J connectivity index is 1.42. The summed E-state index contributed by atoms with van der Waals surface area (Å²) in [5, 5.41) is 0.530. The first-order valence-electron chi connectivity index (χ1n) is 11.6. The predicted molar refractivity (Wildman–Crippen MR) is 132 cm³/mol. The third kappa shape index (κ3) is 6.89. The molecule has 1 fully saturated rings. The van der Waals surface area contributed by atoms with Crippen LogP contribution in [0.5, 0.6) is 0 Å². The number of hydrogen-bond acceptors (Lipinski definition) is 4. The van der Waals surface area contributed by atoms with Crippen LogP contribution >= 0.6 is 11.6 Å². The van der Waals surface area contributed by atoms with Crippen molar-refractivity contribution in [3.63, 3.8) is 0 Å². The van der Waals surface area contributed by atoms with Crippen molar-refractivity contribution in [2.45, 2.75) is 23.8 Å². The van der Waals surface area contributed by atoms with Crippen molar-refractivity contribution in [2.75, 3.05) is 32.7 Å². The maximum atomic E-state index is 14.1. The Labute approximate surface area is 222 Å². The standard InChI is InChI=1S/C26H24ClF5N2O3S/c27-21-7-3-19(4-8-21)24(37-17-18-1-5-20(6-2-18)26(30,31)32)16-33-11-13-34(14-12-33)38(35,36)25-10-9-22(28)15-23(25)29/h1-10,15,24H,11-14,16-17H2/t24-/m0/s1. The summed E-state index contributed by atoms with van der Waals surface area (Å²) >= 11 is 6.01. The zero-order valence-corrected chi connectivity index (χ0v) is 21.5. The van der Waals surface area contributed by atoms with Crippen molar-refractivity contribution < 1.29 is 35.1 Å². The molecular formula is C26H24ClF5N2O3S. The lowest BCUT2D eigenvalue weighted by Gasteiger charge is -2.36. The van der Waals surface area contributed by atoms with E-state index in [4.69, 9.17) is 16.3 Å². The van der Waals surface area contributed by atoms with Gasteiger partial charge in [0.15, 0.2) is 0 Å². The van der Waals surface area contributed by atoms with E-state index >= 15 is 0 Å². The van der Waals surface area contributed by atoms with Gasteiger partial charge in [0.25, 0.3) is 0 Å². The fourth-order valence-corrected chi connectivity index (χ4v) is 5.72. The van der Waals surface area contributed by atoms with E-state index in [2.05, 4.69) is 0 Å². The molecule has 0 aliphatic carbocycles. The van der Waals surface area contributed by atoms with Crippen LogP contribution in [0.25, 0.3) is 0 Å². The minimum Gasteiger partial charge on any atom is -0.368 e. The highest BCUT2D eigenvalue weighted by Crippen LogP contribution is 2.30. The molecule has 0 radical (unpaired) electrons. The normalized spacial score (nSPS) is 16.5. The average Bonchev–Trinajstić information content (AvgIpc) is 2.87. The number of piperazine rings is 1. The lowest BCUT2D eigenvalue weighted by Crippen LogP contribution is -2.49. The fraction of sp³-hybridized carbons (Fsp3) is 0.308. The SMILES string of the molecule is O=S(=O)(c1ccc(F)cc1F)N1CCN(C[C@H](OCc2ccc(C(F)(F)F)cc2)c2ccc(Cl)cc2)CC1. The van der Waals surface area contributed by atoms with Crippen molar-refractivity contribution in [1.82, 2.24) is 9.21 Å². The smallest absolute Gasteiger partial charge is 0.368 e. The third-order valence-corrected chi connectivity index (χ3v) is 8.43. The van der Waals surface area contributed by atoms with Gasteiger partial charge in [-0.05, 0) is 47.5 Å². The number of nitrogens with zero attached hydrogens (tertiary/aromatic N) is 2. The van der Waals surface area contributed by atoms with Gasteiger partial charge in [-0.3, -0.25) is 4.90 Å². The second-order valence-electron chi connectivity index (χ2n) is 8.83. The maximum Gasteiger partial charge on any atom is 0.416 e. The zero-order chi connectivity index (χ0) is 27.5. The van der Waals surface area contributed by atoms with E-state index in [1.165, 1.54) is 12.1 Å². The van der Waals surface area contributed by atoms with Crippen LogP contribution in [-0.2, 0) is 27.5 Å². The molecule has 3 aromatic rings. The third-order valence-electron chi connectivity index (χ3n) is 6.24. The van der Waals surface area contributed by atoms with Crippen LogP contribution in [-0.4, -0.2) is 50.3 Å². The molecular weight excluding hydrogens is 551 g/mol. The quantitative estimate of drug-likeness (QED) is 0.314. The number of benzene rings is 3. The lowest BCUT2D eigenvalue weighted by molar-refractivity contribution is -0.137. The summed E-state index contributed by atoms with van der Waals surface area (Å²) in [5.74, 6) is -2.01. The predicted octanol–water partition coefficient (Wildman–Crippen LogP) is 5.90. The molecule has 1 aliphatic rings. The van der Waals surface area contributed by atoms with Gasteiger partial charge in [-0.15, -0.1) is 0 Å². The van der Waals surface area contributed by atoms with Gasteiger partial charge in [0.2, 0.25) is 10.0 Å². The lowest BCUT2D eigenvalue weighted by atomic mass is 10.1. The summed E-state index contributed by atoms with van der Waals surface area (Å²) in [6, 6.07) is 14.1. The second-order valence-corrected chi connectivity index (χ2v) is 11.2. The Bertz CT molecular complexity index is 1340. The molecule has 0 amide bonds. The van der Waals surface area contributed by atoms with Crippen LogP contribution in [0, 0.1) is 11.6 Å².